The highest BCUT2D eigenvalue weighted by atomic mass is 32.1. The van der Waals surface area contributed by atoms with Crippen molar-refractivity contribution in [2.24, 2.45) is 5.92 Å². The van der Waals surface area contributed by atoms with Crippen LogP contribution in [-0.4, -0.2) is 28.6 Å². The van der Waals surface area contributed by atoms with Crippen LogP contribution in [-0.2, 0) is 0 Å². The zero-order valence-electron chi connectivity index (χ0n) is 9.00. The van der Waals surface area contributed by atoms with Crippen molar-refractivity contribution in [3.8, 4) is 0 Å². The van der Waals surface area contributed by atoms with Crippen LogP contribution in [0.5, 0.6) is 0 Å². The lowest BCUT2D eigenvalue weighted by atomic mass is 9.97. The standard InChI is InChI=1S/C10H20N2S/c1-7(2)6-11-10(13)12-8(3)5-9(12)4/h7-9H,5-6H2,1-4H3,(H,11,13). The number of hydrogen-bond donors (Lipinski definition) is 1. The maximum atomic E-state index is 5.31. The highest BCUT2D eigenvalue weighted by Gasteiger charge is 2.33. The summed E-state index contributed by atoms with van der Waals surface area (Å²) in [4.78, 5) is 2.29. The summed E-state index contributed by atoms with van der Waals surface area (Å²) in [5.41, 5.74) is 0. The molecule has 1 aliphatic heterocycles. The molecule has 0 radical (unpaired) electrons. The molecule has 0 amide bonds. The molecule has 13 heavy (non-hydrogen) atoms. The topological polar surface area (TPSA) is 15.3 Å². The van der Waals surface area contributed by atoms with Crippen LogP contribution in [0.15, 0.2) is 0 Å². The second-order valence-electron chi connectivity index (χ2n) is 4.42. The van der Waals surface area contributed by atoms with E-state index in [1.807, 2.05) is 0 Å². The summed E-state index contributed by atoms with van der Waals surface area (Å²) in [6.07, 6.45) is 1.27. The first kappa shape index (κ1) is 10.8. The molecule has 1 saturated heterocycles. The van der Waals surface area contributed by atoms with Gasteiger partial charge in [0.1, 0.15) is 0 Å². The van der Waals surface area contributed by atoms with Gasteiger partial charge in [0, 0.05) is 18.6 Å². The van der Waals surface area contributed by atoms with E-state index in [9.17, 15) is 0 Å². The number of hydrogen-bond acceptors (Lipinski definition) is 1. The van der Waals surface area contributed by atoms with Gasteiger partial charge in [-0.3, -0.25) is 0 Å². The highest BCUT2D eigenvalue weighted by molar-refractivity contribution is 7.80. The first-order valence-electron chi connectivity index (χ1n) is 5.08. The molecule has 1 heterocycles. The van der Waals surface area contributed by atoms with Crippen LogP contribution in [0, 0.1) is 5.92 Å². The summed E-state index contributed by atoms with van der Waals surface area (Å²) in [6, 6.07) is 1.25. The minimum atomic E-state index is 0.627. The van der Waals surface area contributed by atoms with Gasteiger partial charge in [0.15, 0.2) is 5.11 Å². The Balaban J connectivity index is 2.31. The Labute approximate surface area is 86.7 Å². The van der Waals surface area contributed by atoms with Crippen molar-refractivity contribution in [1.82, 2.24) is 10.2 Å². The minimum Gasteiger partial charge on any atom is -0.362 e. The van der Waals surface area contributed by atoms with Gasteiger partial charge in [-0.2, -0.15) is 0 Å². The van der Waals surface area contributed by atoms with E-state index in [0.29, 0.717) is 18.0 Å². The summed E-state index contributed by atoms with van der Waals surface area (Å²) in [7, 11) is 0. The molecule has 0 aromatic rings. The number of rotatable bonds is 2. The van der Waals surface area contributed by atoms with Crippen molar-refractivity contribution in [2.45, 2.75) is 46.2 Å². The number of nitrogens with zero attached hydrogens (tertiary/aromatic N) is 1. The molecule has 2 atom stereocenters. The lowest BCUT2D eigenvalue weighted by Crippen LogP contribution is -2.59. The average molecular weight is 200 g/mol. The van der Waals surface area contributed by atoms with Crippen molar-refractivity contribution in [2.75, 3.05) is 6.54 Å². The van der Waals surface area contributed by atoms with E-state index < -0.39 is 0 Å². The Morgan fingerprint density at radius 2 is 2.00 bits per heavy atom. The number of nitrogens with one attached hydrogen (secondary N) is 1. The van der Waals surface area contributed by atoms with Crippen molar-refractivity contribution >= 4 is 17.3 Å². The molecule has 1 fully saturated rings. The maximum Gasteiger partial charge on any atom is 0.169 e. The Hall–Kier alpha value is -0.310. The Kier molecular flexibility index (Phi) is 3.54. The minimum absolute atomic E-state index is 0.627. The van der Waals surface area contributed by atoms with Crippen LogP contribution < -0.4 is 5.32 Å². The Morgan fingerprint density at radius 1 is 1.46 bits per heavy atom. The Bertz CT molecular complexity index is 183. The molecule has 1 N–H and O–H groups in total. The molecule has 2 unspecified atom stereocenters. The smallest absolute Gasteiger partial charge is 0.169 e. The summed E-state index contributed by atoms with van der Waals surface area (Å²) >= 11 is 5.31. The molecule has 1 aliphatic rings. The van der Waals surface area contributed by atoms with Crippen molar-refractivity contribution in [3.63, 3.8) is 0 Å². The summed E-state index contributed by atoms with van der Waals surface area (Å²) < 4.78 is 0. The normalized spacial score (nSPS) is 27.3. The van der Waals surface area contributed by atoms with E-state index >= 15 is 0 Å². The van der Waals surface area contributed by atoms with E-state index in [0.717, 1.165) is 11.7 Å². The molecule has 76 valence electrons. The second kappa shape index (κ2) is 4.27. The predicted molar refractivity (Wildman–Crippen MR) is 60.8 cm³/mol. The van der Waals surface area contributed by atoms with Gasteiger partial charge in [-0.15, -0.1) is 0 Å². The van der Waals surface area contributed by atoms with Crippen LogP contribution in [0.1, 0.15) is 34.1 Å². The van der Waals surface area contributed by atoms with Crippen molar-refractivity contribution in [1.29, 1.82) is 0 Å². The van der Waals surface area contributed by atoms with Gasteiger partial charge in [-0.1, -0.05) is 13.8 Å². The lowest BCUT2D eigenvalue weighted by molar-refractivity contribution is 0.121. The molecule has 0 aromatic heterocycles. The molecule has 1 rings (SSSR count). The molecular formula is C10H20N2S. The fraction of sp³-hybridized carbons (Fsp3) is 0.900. The van der Waals surface area contributed by atoms with Gasteiger partial charge in [-0.25, -0.2) is 0 Å². The van der Waals surface area contributed by atoms with Crippen LogP contribution in [0.3, 0.4) is 0 Å². The third-order valence-electron chi connectivity index (χ3n) is 2.53. The zero-order chi connectivity index (χ0) is 10.0. The van der Waals surface area contributed by atoms with Crippen molar-refractivity contribution < 1.29 is 0 Å². The van der Waals surface area contributed by atoms with Gasteiger partial charge in [0.2, 0.25) is 0 Å². The van der Waals surface area contributed by atoms with E-state index in [-0.39, 0.29) is 0 Å². The van der Waals surface area contributed by atoms with Gasteiger partial charge in [0.05, 0.1) is 0 Å². The molecule has 0 saturated carbocycles. The quantitative estimate of drug-likeness (QED) is 0.686. The van der Waals surface area contributed by atoms with Crippen LogP contribution in [0.2, 0.25) is 0 Å². The van der Waals surface area contributed by atoms with Gasteiger partial charge < -0.3 is 10.2 Å². The summed E-state index contributed by atoms with van der Waals surface area (Å²) in [5.74, 6) is 0.657. The van der Waals surface area contributed by atoms with Crippen LogP contribution in [0.25, 0.3) is 0 Å². The van der Waals surface area contributed by atoms with Gasteiger partial charge in [-0.05, 0) is 38.4 Å². The summed E-state index contributed by atoms with van der Waals surface area (Å²) in [5, 5.41) is 4.23. The zero-order valence-corrected chi connectivity index (χ0v) is 9.82. The highest BCUT2D eigenvalue weighted by Crippen LogP contribution is 2.24. The first-order chi connectivity index (χ1) is 6.02. The van der Waals surface area contributed by atoms with E-state index in [1.165, 1.54) is 6.42 Å². The third-order valence-corrected chi connectivity index (χ3v) is 2.88. The first-order valence-corrected chi connectivity index (χ1v) is 5.49. The van der Waals surface area contributed by atoms with Gasteiger partial charge in [0.25, 0.3) is 0 Å². The van der Waals surface area contributed by atoms with Crippen LogP contribution in [0.4, 0.5) is 0 Å². The molecule has 2 nitrogen and oxygen atoms in total. The fourth-order valence-electron chi connectivity index (χ4n) is 1.80. The predicted octanol–water partition coefficient (Wildman–Crippen LogP) is 2.00. The lowest BCUT2D eigenvalue weighted by Gasteiger charge is -2.47. The number of likely N-dealkylation sites (tertiary alicyclic amines) is 1. The second-order valence-corrected chi connectivity index (χ2v) is 4.81. The van der Waals surface area contributed by atoms with E-state index in [2.05, 4.69) is 37.9 Å². The average Bonchev–Trinajstić information content (AvgIpc) is 2.00. The Morgan fingerprint density at radius 3 is 2.38 bits per heavy atom. The van der Waals surface area contributed by atoms with Crippen molar-refractivity contribution in [3.05, 3.63) is 0 Å². The SMILES string of the molecule is CC(C)CNC(=S)N1C(C)CC1C. The maximum absolute atomic E-state index is 5.31. The molecule has 0 bridgehead atoms. The fourth-order valence-corrected chi connectivity index (χ4v) is 2.24. The molecule has 0 aliphatic carbocycles. The molecule has 3 heteroatoms. The van der Waals surface area contributed by atoms with E-state index in [4.69, 9.17) is 12.2 Å². The molecule has 0 spiro atoms. The number of thiocarbonyl (C=S) groups is 1. The monoisotopic (exact) mass is 200 g/mol. The van der Waals surface area contributed by atoms with Crippen LogP contribution >= 0.6 is 12.2 Å². The summed E-state index contributed by atoms with van der Waals surface area (Å²) in [6.45, 7) is 9.82. The molecular weight excluding hydrogens is 180 g/mol. The third kappa shape index (κ3) is 2.56. The molecule has 0 aromatic carbocycles. The largest absolute Gasteiger partial charge is 0.362 e. The van der Waals surface area contributed by atoms with E-state index in [1.54, 1.807) is 0 Å². The van der Waals surface area contributed by atoms with Gasteiger partial charge >= 0.3 is 0 Å².